The Balaban J connectivity index is 1.76. The van der Waals surface area contributed by atoms with Crippen molar-refractivity contribution in [2.24, 2.45) is 5.73 Å². The molecule has 4 N–H and O–H groups in total. The van der Waals surface area contributed by atoms with Crippen molar-refractivity contribution in [3.8, 4) is 23.1 Å². The lowest BCUT2D eigenvalue weighted by Crippen LogP contribution is -2.32. The third-order valence-electron chi connectivity index (χ3n) is 6.12. The summed E-state index contributed by atoms with van der Waals surface area (Å²) in [5.41, 5.74) is 16.4. The molecule has 0 bridgehead atoms. The van der Waals surface area contributed by atoms with Gasteiger partial charge >= 0.3 is 0 Å². The first-order valence-electron chi connectivity index (χ1n) is 10.6. The quantitative estimate of drug-likeness (QED) is 0.547. The minimum Gasteiger partial charge on any atom is -0.489 e. The zero-order valence-electron chi connectivity index (χ0n) is 17.6. The number of nitrogens with zero attached hydrogens (tertiary/aromatic N) is 3. The molecule has 6 nitrogen and oxygen atoms in total. The predicted molar refractivity (Wildman–Crippen MR) is 120 cm³/mol. The molecule has 1 fully saturated rings. The molecule has 2 aliphatic rings. The molecule has 0 spiro atoms. The van der Waals surface area contributed by atoms with Crippen molar-refractivity contribution >= 4 is 17.6 Å². The van der Waals surface area contributed by atoms with Gasteiger partial charge in [0.1, 0.15) is 17.9 Å². The lowest BCUT2D eigenvalue weighted by molar-refractivity contribution is 0.143. The van der Waals surface area contributed by atoms with Crippen LogP contribution in [0.25, 0.3) is 11.3 Å². The molecular weight excluding hydrogens is 394 g/mol. The van der Waals surface area contributed by atoms with E-state index < -0.39 is 0 Å². The standard InChI is InChI=1S/C23H29N5OS/c1-23(2)12-17-16(20-19(23)22(26)28-13-27-20)8-9-18(21(17)30-11-3-10-24)29-15-6-4-14(25)5-7-15/h8-9,13-15H,3-7,11-12,25H2,1-2H3,(H2,26,27,28)/t14-,15-. The Bertz CT molecular complexity index is 976. The number of fused-ring (bicyclic) bond motifs is 3. The molecule has 2 aliphatic carbocycles. The van der Waals surface area contributed by atoms with Gasteiger partial charge in [0.15, 0.2) is 0 Å². The minimum absolute atomic E-state index is 0.186. The van der Waals surface area contributed by atoms with Crippen LogP contribution in [0.4, 0.5) is 5.82 Å². The van der Waals surface area contributed by atoms with Gasteiger partial charge in [-0.05, 0) is 55.2 Å². The summed E-state index contributed by atoms with van der Waals surface area (Å²) in [6.45, 7) is 4.38. The van der Waals surface area contributed by atoms with Gasteiger partial charge in [0.2, 0.25) is 0 Å². The number of rotatable bonds is 5. The third kappa shape index (κ3) is 3.99. The van der Waals surface area contributed by atoms with Crippen molar-refractivity contribution in [1.29, 1.82) is 5.26 Å². The van der Waals surface area contributed by atoms with E-state index in [-0.39, 0.29) is 11.5 Å². The summed E-state index contributed by atoms with van der Waals surface area (Å²) in [6.07, 6.45) is 7.04. The fraction of sp³-hybridized carbons (Fsp3) is 0.522. The molecule has 1 aromatic carbocycles. The molecule has 1 heterocycles. The number of nitrogens with two attached hydrogens (primary N) is 2. The van der Waals surface area contributed by atoms with Gasteiger partial charge in [0.05, 0.1) is 22.8 Å². The molecule has 4 rings (SSSR count). The largest absolute Gasteiger partial charge is 0.489 e. The third-order valence-corrected chi connectivity index (χ3v) is 7.27. The van der Waals surface area contributed by atoms with E-state index in [1.165, 1.54) is 11.9 Å². The molecule has 2 aromatic rings. The topological polar surface area (TPSA) is 111 Å². The van der Waals surface area contributed by atoms with Crippen LogP contribution < -0.4 is 16.2 Å². The van der Waals surface area contributed by atoms with Crippen LogP contribution in [-0.2, 0) is 11.8 Å². The lowest BCUT2D eigenvalue weighted by Gasteiger charge is -2.35. The molecule has 158 valence electrons. The van der Waals surface area contributed by atoms with Crippen molar-refractivity contribution in [3.05, 3.63) is 29.6 Å². The van der Waals surface area contributed by atoms with E-state index in [1.807, 2.05) is 0 Å². The lowest BCUT2D eigenvalue weighted by atomic mass is 9.72. The molecule has 0 aliphatic heterocycles. The molecule has 0 atom stereocenters. The van der Waals surface area contributed by atoms with Crippen LogP contribution in [-0.4, -0.2) is 27.9 Å². The van der Waals surface area contributed by atoms with Gasteiger partial charge in [-0.1, -0.05) is 13.8 Å². The van der Waals surface area contributed by atoms with Crippen molar-refractivity contribution in [2.75, 3.05) is 11.5 Å². The summed E-state index contributed by atoms with van der Waals surface area (Å²) in [5.74, 6) is 2.20. The highest BCUT2D eigenvalue weighted by molar-refractivity contribution is 7.99. The van der Waals surface area contributed by atoms with E-state index in [9.17, 15) is 0 Å². The first-order valence-corrected chi connectivity index (χ1v) is 11.6. The van der Waals surface area contributed by atoms with Gasteiger partial charge in [0.25, 0.3) is 0 Å². The van der Waals surface area contributed by atoms with E-state index in [1.54, 1.807) is 11.8 Å². The molecule has 30 heavy (non-hydrogen) atoms. The first kappa shape index (κ1) is 21.0. The Morgan fingerprint density at radius 1 is 1.23 bits per heavy atom. The summed E-state index contributed by atoms with van der Waals surface area (Å²) in [7, 11) is 0. The number of nitrogen functional groups attached to an aromatic ring is 1. The zero-order chi connectivity index (χ0) is 21.3. The van der Waals surface area contributed by atoms with Crippen LogP contribution in [0.5, 0.6) is 5.75 Å². The molecule has 0 saturated heterocycles. The molecule has 0 amide bonds. The Labute approximate surface area is 182 Å². The van der Waals surface area contributed by atoms with E-state index >= 15 is 0 Å². The molecule has 1 aromatic heterocycles. The second-order valence-electron chi connectivity index (χ2n) is 8.87. The summed E-state index contributed by atoms with van der Waals surface area (Å²) in [6, 6.07) is 6.71. The highest BCUT2D eigenvalue weighted by Crippen LogP contribution is 2.49. The van der Waals surface area contributed by atoms with Crippen molar-refractivity contribution < 1.29 is 4.74 Å². The fourth-order valence-corrected chi connectivity index (χ4v) is 5.65. The smallest absolute Gasteiger partial charge is 0.133 e. The average Bonchev–Trinajstić information content (AvgIpc) is 2.71. The van der Waals surface area contributed by atoms with Crippen molar-refractivity contribution in [1.82, 2.24) is 9.97 Å². The van der Waals surface area contributed by atoms with Gasteiger partial charge in [-0.3, -0.25) is 0 Å². The molecule has 0 radical (unpaired) electrons. The maximum Gasteiger partial charge on any atom is 0.133 e. The summed E-state index contributed by atoms with van der Waals surface area (Å²) < 4.78 is 6.49. The Morgan fingerprint density at radius 2 is 2.00 bits per heavy atom. The second kappa shape index (κ2) is 8.44. The van der Waals surface area contributed by atoms with Crippen LogP contribution in [0.3, 0.4) is 0 Å². The normalized spacial score (nSPS) is 21.9. The molecule has 1 saturated carbocycles. The number of hydrogen-bond donors (Lipinski definition) is 2. The second-order valence-corrected chi connectivity index (χ2v) is 9.98. The van der Waals surface area contributed by atoms with E-state index in [2.05, 4.69) is 42.0 Å². The predicted octanol–water partition coefficient (Wildman–Crippen LogP) is 4.21. The van der Waals surface area contributed by atoms with Gasteiger partial charge < -0.3 is 16.2 Å². The molecule has 7 heteroatoms. The summed E-state index contributed by atoms with van der Waals surface area (Å²) >= 11 is 1.71. The van der Waals surface area contributed by atoms with E-state index in [0.717, 1.165) is 65.3 Å². The Kier molecular flexibility index (Phi) is 5.90. The monoisotopic (exact) mass is 423 g/mol. The SMILES string of the molecule is CC1(C)Cc2c(ccc(O[C@H]3CC[C@H](N)CC3)c2SCCC#N)-c2ncnc(N)c21. The van der Waals surface area contributed by atoms with Crippen LogP contribution in [0, 0.1) is 11.3 Å². The van der Waals surface area contributed by atoms with Gasteiger partial charge in [-0.2, -0.15) is 5.26 Å². The van der Waals surface area contributed by atoms with Crippen molar-refractivity contribution in [2.45, 2.75) is 74.8 Å². The van der Waals surface area contributed by atoms with E-state index in [0.29, 0.717) is 18.3 Å². The van der Waals surface area contributed by atoms with Gasteiger partial charge in [0, 0.05) is 29.3 Å². The van der Waals surface area contributed by atoms with Gasteiger partial charge in [-0.25, -0.2) is 9.97 Å². The molecular formula is C23H29N5OS. The van der Waals surface area contributed by atoms with E-state index in [4.69, 9.17) is 21.5 Å². The zero-order valence-corrected chi connectivity index (χ0v) is 18.5. The molecule has 0 unspecified atom stereocenters. The van der Waals surface area contributed by atoms with Crippen LogP contribution in [0.2, 0.25) is 0 Å². The number of benzene rings is 1. The maximum atomic E-state index is 9.04. The first-order chi connectivity index (χ1) is 14.4. The Hall–Kier alpha value is -2.30. The average molecular weight is 424 g/mol. The van der Waals surface area contributed by atoms with Crippen LogP contribution in [0.1, 0.15) is 57.1 Å². The number of ether oxygens (including phenoxy) is 1. The highest BCUT2D eigenvalue weighted by atomic mass is 32.2. The maximum absolute atomic E-state index is 9.04. The summed E-state index contributed by atoms with van der Waals surface area (Å²) in [4.78, 5) is 9.97. The van der Waals surface area contributed by atoms with Crippen molar-refractivity contribution in [3.63, 3.8) is 0 Å². The number of nitriles is 1. The van der Waals surface area contributed by atoms with Crippen LogP contribution in [0.15, 0.2) is 23.4 Å². The number of thioether (sulfide) groups is 1. The Morgan fingerprint density at radius 3 is 2.73 bits per heavy atom. The number of anilines is 1. The van der Waals surface area contributed by atoms with Gasteiger partial charge in [-0.15, -0.1) is 11.8 Å². The fourth-order valence-electron chi connectivity index (χ4n) is 4.64. The highest BCUT2D eigenvalue weighted by Gasteiger charge is 2.36. The number of aromatic nitrogens is 2. The van der Waals surface area contributed by atoms with Crippen LogP contribution >= 0.6 is 11.8 Å². The minimum atomic E-state index is -0.186. The summed E-state index contributed by atoms with van der Waals surface area (Å²) in [5, 5.41) is 9.04. The number of hydrogen-bond acceptors (Lipinski definition) is 7.